The largest absolute Gasteiger partial charge is 0.315 e. The molecule has 0 saturated carbocycles. The number of aromatic nitrogens is 3. The van der Waals surface area contributed by atoms with Gasteiger partial charge < -0.3 is 9.88 Å². The summed E-state index contributed by atoms with van der Waals surface area (Å²) in [5.41, 5.74) is 4.67. The highest BCUT2D eigenvalue weighted by molar-refractivity contribution is 6.00. The summed E-state index contributed by atoms with van der Waals surface area (Å²) in [4.78, 5) is 25.0. The monoisotopic (exact) mass is 338 g/mol. The van der Waals surface area contributed by atoms with Crippen LogP contribution in [-0.2, 0) is 25.3 Å². The summed E-state index contributed by atoms with van der Waals surface area (Å²) in [6.45, 7) is 5.93. The molecule has 25 heavy (non-hydrogen) atoms. The molecule has 1 amide bonds. The maximum absolute atomic E-state index is 12.6. The predicted octanol–water partition coefficient (Wildman–Crippen LogP) is 2.38. The van der Waals surface area contributed by atoms with E-state index in [1.54, 1.807) is 23.3 Å². The van der Waals surface area contributed by atoms with Crippen LogP contribution in [-0.4, -0.2) is 20.3 Å². The molecule has 1 N–H and O–H groups in total. The Labute approximate surface area is 146 Å². The second-order valence-corrected chi connectivity index (χ2v) is 6.53. The average molecular weight is 338 g/mol. The van der Waals surface area contributed by atoms with Gasteiger partial charge in [-0.15, -0.1) is 0 Å². The van der Waals surface area contributed by atoms with Crippen LogP contribution < -0.4 is 10.9 Å². The minimum atomic E-state index is -0.189. The number of hydrogen-bond acceptors (Lipinski definition) is 3. The fourth-order valence-corrected chi connectivity index (χ4v) is 2.90. The third kappa shape index (κ3) is 3.07. The molecule has 1 aromatic carbocycles. The van der Waals surface area contributed by atoms with E-state index in [0.717, 1.165) is 16.8 Å². The van der Waals surface area contributed by atoms with Gasteiger partial charge in [0.2, 0.25) is 5.91 Å². The van der Waals surface area contributed by atoms with E-state index in [9.17, 15) is 9.59 Å². The minimum absolute atomic E-state index is 0.162. The lowest BCUT2D eigenvalue weighted by Crippen LogP contribution is -2.21. The van der Waals surface area contributed by atoms with Gasteiger partial charge in [0.1, 0.15) is 5.39 Å². The van der Waals surface area contributed by atoms with Gasteiger partial charge in [0.25, 0.3) is 5.56 Å². The van der Waals surface area contributed by atoms with Crippen molar-refractivity contribution < 1.29 is 4.79 Å². The number of pyridine rings is 1. The number of nitrogens with one attached hydrogen (secondary N) is 1. The van der Waals surface area contributed by atoms with Gasteiger partial charge in [-0.1, -0.05) is 18.2 Å². The normalized spacial score (nSPS) is 11.1. The maximum Gasteiger partial charge on any atom is 0.263 e. The Morgan fingerprint density at radius 2 is 1.84 bits per heavy atom. The molecule has 0 spiro atoms. The molecule has 0 fully saturated rings. The summed E-state index contributed by atoms with van der Waals surface area (Å²) in [7, 11) is 3.48. The Hall–Kier alpha value is -2.89. The Morgan fingerprint density at radius 1 is 1.12 bits per heavy atom. The van der Waals surface area contributed by atoms with Crippen molar-refractivity contribution in [2.45, 2.75) is 27.2 Å². The summed E-state index contributed by atoms with van der Waals surface area (Å²) in [6, 6.07) is 7.85. The number of carbonyl (C=O) groups is 1. The summed E-state index contributed by atoms with van der Waals surface area (Å²) < 4.78 is 3.18. The quantitative estimate of drug-likeness (QED) is 0.797. The molecule has 2 heterocycles. The highest BCUT2D eigenvalue weighted by Crippen LogP contribution is 2.20. The first-order valence-corrected chi connectivity index (χ1v) is 8.17. The first-order chi connectivity index (χ1) is 11.8. The van der Waals surface area contributed by atoms with Crippen LogP contribution in [0.25, 0.3) is 10.9 Å². The van der Waals surface area contributed by atoms with Crippen LogP contribution in [0.1, 0.15) is 22.4 Å². The smallest absolute Gasteiger partial charge is 0.263 e. The van der Waals surface area contributed by atoms with Crippen molar-refractivity contribution in [3.8, 4) is 0 Å². The minimum Gasteiger partial charge on any atom is -0.315 e. The highest BCUT2D eigenvalue weighted by Gasteiger charge is 2.17. The number of rotatable bonds is 3. The summed E-state index contributed by atoms with van der Waals surface area (Å²) in [6.07, 6.45) is 0.241. The topological polar surface area (TPSA) is 68.9 Å². The molecule has 0 bridgehead atoms. The number of carbonyl (C=O) groups excluding carboxylic acids is 1. The number of anilines is 1. The van der Waals surface area contributed by atoms with Crippen LogP contribution in [0.4, 0.5) is 5.82 Å². The highest BCUT2D eigenvalue weighted by atomic mass is 16.2. The summed E-state index contributed by atoms with van der Waals surface area (Å²) in [5.74, 6) is 0.123. The van der Waals surface area contributed by atoms with Crippen LogP contribution in [0.15, 0.2) is 29.1 Å². The Morgan fingerprint density at radius 3 is 2.52 bits per heavy atom. The van der Waals surface area contributed by atoms with Crippen molar-refractivity contribution in [3.05, 3.63) is 57.0 Å². The van der Waals surface area contributed by atoms with Crippen molar-refractivity contribution >= 4 is 22.6 Å². The predicted molar refractivity (Wildman–Crippen MR) is 98.9 cm³/mol. The van der Waals surface area contributed by atoms with Crippen LogP contribution in [0.5, 0.6) is 0 Å². The number of aryl methyl sites for hydroxylation is 4. The second-order valence-electron chi connectivity index (χ2n) is 6.53. The molecule has 0 unspecified atom stereocenters. The lowest BCUT2D eigenvalue weighted by Gasteiger charge is -2.06. The zero-order valence-corrected chi connectivity index (χ0v) is 15.2. The Balaban J connectivity index is 1.92. The van der Waals surface area contributed by atoms with Gasteiger partial charge in [0.15, 0.2) is 5.82 Å². The van der Waals surface area contributed by atoms with E-state index < -0.39 is 0 Å². The van der Waals surface area contributed by atoms with Crippen LogP contribution in [0, 0.1) is 20.8 Å². The van der Waals surface area contributed by atoms with E-state index in [2.05, 4.69) is 10.4 Å². The van der Waals surface area contributed by atoms with Gasteiger partial charge >= 0.3 is 0 Å². The van der Waals surface area contributed by atoms with Crippen molar-refractivity contribution in [1.82, 2.24) is 14.3 Å². The van der Waals surface area contributed by atoms with Gasteiger partial charge in [-0.2, -0.15) is 5.10 Å². The van der Waals surface area contributed by atoms with Crippen LogP contribution in [0.2, 0.25) is 0 Å². The van der Waals surface area contributed by atoms with Crippen molar-refractivity contribution in [1.29, 1.82) is 0 Å². The molecular formula is C19H22N4O2. The van der Waals surface area contributed by atoms with E-state index in [-0.39, 0.29) is 17.9 Å². The standard InChI is InChI=1S/C19H22N4O2/c1-11-6-7-14(8-12(11)2)10-16(24)20-18-17-15(23(5)21-18)9-13(3)22(4)19(17)25/h6-9H,10H2,1-5H3,(H,20,21,24). The number of nitrogens with zero attached hydrogens (tertiary/aromatic N) is 3. The SMILES string of the molecule is Cc1ccc(CC(=O)Nc2nn(C)c3cc(C)n(C)c(=O)c23)cc1C. The van der Waals surface area contributed by atoms with Crippen molar-refractivity contribution in [2.75, 3.05) is 5.32 Å². The summed E-state index contributed by atoms with van der Waals surface area (Å²) >= 11 is 0. The van der Waals surface area contributed by atoms with Gasteiger partial charge in [-0.25, -0.2) is 0 Å². The zero-order valence-electron chi connectivity index (χ0n) is 15.2. The van der Waals surface area contributed by atoms with Gasteiger partial charge in [0, 0.05) is 19.8 Å². The zero-order chi connectivity index (χ0) is 18.3. The van der Waals surface area contributed by atoms with Gasteiger partial charge in [-0.3, -0.25) is 14.3 Å². The van der Waals surface area contributed by atoms with E-state index >= 15 is 0 Å². The average Bonchev–Trinajstić information content (AvgIpc) is 2.84. The molecule has 3 rings (SSSR count). The lowest BCUT2D eigenvalue weighted by molar-refractivity contribution is -0.115. The number of hydrogen-bond donors (Lipinski definition) is 1. The second kappa shape index (κ2) is 6.20. The van der Waals surface area contributed by atoms with Crippen LogP contribution in [0.3, 0.4) is 0 Å². The van der Waals surface area contributed by atoms with Crippen molar-refractivity contribution in [2.24, 2.45) is 14.1 Å². The van der Waals surface area contributed by atoms with Gasteiger partial charge in [0.05, 0.1) is 11.9 Å². The molecule has 0 radical (unpaired) electrons. The number of benzene rings is 1. The fourth-order valence-electron chi connectivity index (χ4n) is 2.90. The Kier molecular flexibility index (Phi) is 4.20. The molecule has 6 nitrogen and oxygen atoms in total. The molecular weight excluding hydrogens is 316 g/mol. The van der Waals surface area contributed by atoms with Crippen LogP contribution >= 0.6 is 0 Å². The molecule has 0 atom stereocenters. The molecule has 130 valence electrons. The van der Waals surface area contributed by atoms with E-state index in [1.165, 1.54) is 5.56 Å². The van der Waals surface area contributed by atoms with Crippen molar-refractivity contribution in [3.63, 3.8) is 0 Å². The fraction of sp³-hybridized carbons (Fsp3) is 0.316. The first-order valence-electron chi connectivity index (χ1n) is 8.17. The molecule has 0 aliphatic carbocycles. The number of fused-ring (bicyclic) bond motifs is 1. The molecule has 0 aliphatic rings. The molecule has 0 saturated heterocycles. The summed E-state index contributed by atoms with van der Waals surface area (Å²) in [5, 5.41) is 7.54. The lowest BCUT2D eigenvalue weighted by atomic mass is 10.0. The Bertz CT molecular complexity index is 1040. The molecule has 6 heteroatoms. The van der Waals surface area contributed by atoms with E-state index in [1.807, 2.05) is 45.0 Å². The maximum atomic E-state index is 12.6. The van der Waals surface area contributed by atoms with Gasteiger partial charge in [-0.05, 0) is 43.5 Å². The third-order valence-corrected chi connectivity index (χ3v) is 4.68. The van der Waals surface area contributed by atoms with E-state index in [0.29, 0.717) is 16.7 Å². The first kappa shape index (κ1) is 17.0. The molecule has 2 aromatic heterocycles. The molecule has 3 aromatic rings. The van der Waals surface area contributed by atoms with E-state index in [4.69, 9.17) is 0 Å². The molecule has 0 aliphatic heterocycles. The number of amides is 1. The third-order valence-electron chi connectivity index (χ3n) is 4.68.